The highest BCUT2D eigenvalue weighted by Crippen LogP contribution is 2.28. The largest absolute Gasteiger partial charge is 0.453 e. The van der Waals surface area contributed by atoms with Crippen LogP contribution in [0.3, 0.4) is 0 Å². The van der Waals surface area contributed by atoms with Crippen LogP contribution in [0, 0.1) is 0 Å². The van der Waals surface area contributed by atoms with E-state index in [0.29, 0.717) is 6.04 Å². The number of carbonyl (C=O) groups is 1. The van der Waals surface area contributed by atoms with Gasteiger partial charge in [-0.15, -0.1) is 11.3 Å². The number of rotatable bonds is 2. The molecule has 2 aromatic heterocycles. The summed E-state index contributed by atoms with van der Waals surface area (Å²) in [4.78, 5) is 17.5. The SMILES string of the molecule is COC(=O)N1CCC(Nc2ccnc3ccsc23)CC1. The monoisotopic (exact) mass is 291 g/mol. The van der Waals surface area contributed by atoms with E-state index in [2.05, 4.69) is 15.7 Å². The minimum atomic E-state index is -0.229. The lowest BCUT2D eigenvalue weighted by molar-refractivity contribution is 0.113. The number of fused-ring (bicyclic) bond motifs is 1. The molecule has 0 radical (unpaired) electrons. The van der Waals surface area contributed by atoms with E-state index in [1.807, 2.05) is 18.3 Å². The third-order valence-corrected chi connectivity index (χ3v) is 4.57. The highest BCUT2D eigenvalue weighted by molar-refractivity contribution is 7.17. The van der Waals surface area contributed by atoms with Crippen LogP contribution < -0.4 is 5.32 Å². The number of amides is 1. The number of nitrogens with one attached hydrogen (secondary N) is 1. The van der Waals surface area contributed by atoms with Crippen molar-refractivity contribution in [3.63, 3.8) is 0 Å². The minimum Gasteiger partial charge on any atom is -0.453 e. The number of methoxy groups -OCH3 is 1. The zero-order valence-electron chi connectivity index (χ0n) is 11.3. The Hall–Kier alpha value is -1.82. The second-order valence-electron chi connectivity index (χ2n) is 4.87. The minimum absolute atomic E-state index is 0.229. The van der Waals surface area contributed by atoms with Gasteiger partial charge in [0.05, 0.1) is 23.0 Å². The molecule has 5 nitrogen and oxygen atoms in total. The van der Waals surface area contributed by atoms with Crippen LogP contribution in [0.5, 0.6) is 0 Å². The zero-order valence-corrected chi connectivity index (χ0v) is 12.2. The third kappa shape index (κ3) is 2.56. The van der Waals surface area contributed by atoms with Gasteiger partial charge < -0.3 is 15.0 Å². The van der Waals surface area contributed by atoms with Crippen LogP contribution >= 0.6 is 11.3 Å². The maximum Gasteiger partial charge on any atom is 0.409 e. The summed E-state index contributed by atoms with van der Waals surface area (Å²) in [7, 11) is 1.43. The van der Waals surface area contributed by atoms with Crippen molar-refractivity contribution in [1.29, 1.82) is 0 Å². The number of piperidine rings is 1. The molecule has 0 atom stereocenters. The number of thiophene rings is 1. The summed E-state index contributed by atoms with van der Waals surface area (Å²) < 4.78 is 5.95. The lowest BCUT2D eigenvalue weighted by Crippen LogP contribution is -2.42. The highest BCUT2D eigenvalue weighted by atomic mass is 32.1. The first-order valence-corrected chi connectivity index (χ1v) is 7.57. The molecule has 0 bridgehead atoms. The number of likely N-dealkylation sites (tertiary alicyclic amines) is 1. The van der Waals surface area contributed by atoms with Gasteiger partial charge in [-0.2, -0.15) is 0 Å². The van der Waals surface area contributed by atoms with Crippen LogP contribution in [-0.4, -0.2) is 42.2 Å². The number of anilines is 1. The first kappa shape index (κ1) is 13.2. The molecule has 20 heavy (non-hydrogen) atoms. The first-order valence-electron chi connectivity index (χ1n) is 6.69. The molecule has 2 aromatic rings. The Morgan fingerprint density at radius 2 is 2.25 bits per heavy atom. The standard InChI is InChI=1S/C14H17N3O2S/c1-19-14(18)17-7-3-10(4-8-17)16-12-2-6-15-11-5-9-20-13(11)12/h2,5-6,9-10H,3-4,7-8H2,1H3,(H,15,16). The van der Waals surface area contributed by atoms with Crippen molar-refractivity contribution < 1.29 is 9.53 Å². The van der Waals surface area contributed by atoms with Gasteiger partial charge in [-0.1, -0.05) is 0 Å². The van der Waals surface area contributed by atoms with E-state index >= 15 is 0 Å². The molecule has 106 valence electrons. The van der Waals surface area contributed by atoms with Crippen LogP contribution in [0.4, 0.5) is 10.5 Å². The van der Waals surface area contributed by atoms with E-state index < -0.39 is 0 Å². The van der Waals surface area contributed by atoms with E-state index in [1.165, 1.54) is 11.8 Å². The molecule has 1 N–H and O–H groups in total. The van der Waals surface area contributed by atoms with Crippen LogP contribution in [0.15, 0.2) is 23.7 Å². The highest BCUT2D eigenvalue weighted by Gasteiger charge is 2.23. The fraction of sp³-hybridized carbons (Fsp3) is 0.429. The van der Waals surface area contributed by atoms with E-state index in [9.17, 15) is 4.79 Å². The molecule has 3 heterocycles. The van der Waals surface area contributed by atoms with E-state index in [-0.39, 0.29) is 6.09 Å². The summed E-state index contributed by atoms with van der Waals surface area (Å²) in [6, 6.07) is 4.44. The number of hydrogen-bond donors (Lipinski definition) is 1. The van der Waals surface area contributed by atoms with Crippen molar-refractivity contribution in [3.05, 3.63) is 23.7 Å². The summed E-state index contributed by atoms with van der Waals surface area (Å²) >= 11 is 1.70. The molecule has 0 aromatic carbocycles. The molecule has 0 saturated carbocycles. The third-order valence-electron chi connectivity index (χ3n) is 3.63. The van der Waals surface area contributed by atoms with Gasteiger partial charge >= 0.3 is 6.09 Å². The van der Waals surface area contributed by atoms with Gasteiger partial charge in [-0.3, -0.25) is 4.98 Å². The van der Waals surface area contributed by atoms with Crippen molar-refractivity contribution in [2.75, 3.05) is 25.5 Å². The first-order chi connectivity index (χ1) is 9.78. The van der Waals surface area contributed by atoms with Crippen LogP contribution in [-0.2, 0) is 4.74 Å². The van der Waals surface area contributed by atoms with Gasteiger partial charge in [-0.05, 0) is 30.4 Å². The smallest absolute Gasteiger partial charge is 0.409 e. The quantitative estimate of drug-likeness (QED) is 0.924. The Labute approximate surface area is 121 Å². The lowest BCUT2D eigenvalue weighted by atomic mass is 10.1. The molecular weight excluding hydrogens is 274 g/mol. The predicted molar refractivity (Wildman–Crippen MR) is 80.2 cm³/mol. The van der Waals surface area contributed by atoms with Crippen LogP contribution in [0.2, 0.25) is 0 Å². The number of carbonyl (C=O) groups excluding carboxylic acids is 1. The maximum absolute atomic E-state index is 11.4. The van der Waals surface area contributed by atoms with Crippen molar-refractivity contribution in [1.82, 2.24) is 9.88 Å². The van der Waals surface area contributed by atoms with Crippen molar-refractivity contribution in [3.8, 4) is 0 Å². The number of pyridine rings is 1. The van der Waals surface area contributed by atoms with Gasteiger partial charge in [-0.25, -0.2) is 4.79 Å². The molecule has 0 unspecified atom stereocenters. The molecule has 1 fully saturated rings. The topological polar surface area (TPSA) is 54.5 Å². The molecule has 0 aliphatic carbocycles. The van der Waals surface area contributed by atoms with Gasteiger partial charge in [0.1, 0.15) is 0 Å². The van der Waals surface area contributed by atoms with Gasteiger partial charge in [0.2, 0.25) is 0 Å². The maximum atomic E-state index is 11.4. The Balaban J connectivity index is 1.65. The fourth-order valence-corrected chi connectivity index (χ4v) is 3.37. The molecule has 6 heteroatoms. The Bertz CT molecular complexity index is 605. The fourth-order valence-electron chi connectivity index (χ4n) is 2.54. The van der Waals surface area contributed by atoms with Crippen LogP contribution in [0.1, 0.15) is 12.8 Å². The zero-order chi connectivity index (χ0) is 13.9. The van der Waals surface area contributed by atoms with Crippen molar-refractivity contribution >= 4 is 33.3 Å². The van der Waals surface area contributed by atoms with E-state index in [4.69, 9.17) is 4.74 Å². The van der Waals surface area contributed by atoms with E-state index in [0.717, 1.165) is 37.1 Å². The number of nitrogens with zero attached hydrogens (tertiary/aromatic N) is 2. The second kappa shape index (κ2) is 5.66. The summed E-state index contributed by atoms with van der Waals surface area (Å²) in [6.07, 6.45) is 3.48. The van der Waals surface area contributed by atoms with Gasteiger partial charge in [0, 0.05) is 25.3 Å². The Morgan fingerprint density at radius 3 is 3.00 bits per heavy atom. The lowest BCUT2D eigenvalue weighted by Gasteiger charge is -2.31. The second-order valence-corrected chi connectivity index (χ2v) is 5.79. The number of ether oxygens (including phenoxy) is 1. The van der Waals surface area contributed by atoms with Gasteiger partial charge in [0.25, 0.3) is 0 Å². The summed E-state index contributed by atoms with van der Waals surface area (Å²) in [6.45, 7) is 1.48. The molecular formula is C14H17N3O2S. The Kier molecular flexibility index (Phi) is 3.73. The van der Waals surface area contributed by atoms with Crippen LogP contribution in [0.25, 0.3) is 10.2 Å². The molecule has 1 amide bonds. The average molecular weight is 291 g/mol. The van der Waals surface area contributed by atoms with E-state index in [1.54, 1.807) is 16.2 Å². The Morgan fingerprint density at radius 1 is 1.45 bits per heavy atom. The van der Waals surface area contributed by atoms with Crippen molar-refractivity contribution in [2.24, 2.45) is 0 Å². The molecule has 1 aliphatic heterocycles. The number of aromatic nitrogens is 1. The number of hydrogen-bond acceptors (Lipinski definition) is 5. The molecule has 3 rings (SSSR count). The predicted octanol–water partition coefficient (Wildman–Crippen LogP) is 2.94. The van der Waals surface area contributed by atoms with Gasteiger partial charge in [0.15, 0.2) is 0 Å². The summed E-state index contributed by atoms with van der Waals surface area (Å²) in [5.74, 6) is 0. The normalized spacial score (nSPS) is 16.4. The summed E-state index contributed by atoms with van der Waals surface area (Å²) in [5, 5.41) is 5.64. The molecule has 0 spiro atoms. The average Bonchev–Trinajstić information content (AvgIpc) is 2.97. The summed E-state index contributed by atoms with van der Waals surface area (Å²) in [5.41, 5.74) is 2.17. The molecule has 1 aliphatic rings. The van der Waals surface area contributed by atoms with Crippen molar-refractivity contribution in [2.45, 2.75) is 18.9 Å². The molecule has 1 saturated heterocycles.